The first-order chi connectivity index (χ1) is 10.8. The number of methoxy groups -OCH3 is 1. The van der Waals surface area contributed by atoms with E-state index >= 15 is 0 Å². The molecule has 1 atom stereocenters. The summed E-state index contributed by atoms with van der Waals surface area (Å²) in [5.74, 6) is 0.892. The molecule has 0 aliphatic heterocycles. The molecule has 2 aromatic heterocycles. The number of rotatable bonds is 7. The molecule has 0 saturated heterocycles. The Bertz CT molecular complexity index is 681. The monoisotopic (exact) mass is 330 g/mol. The number of hydrogen-bond acceptors (Lipinski definition) is 5. The van der Waals surface area contributed by atoms with Crippen molar-refractivity contribution in [3.63, 3.8) is 0 Å². The van der Waals surface area contributed by atoms with Crippen LogP contribution in [0.1, 0.15) is 22.2 Å². The molecular formula is C17H18N2OS2. The summed E-state index contributed by atoms with van der Waals surface area (Å²) in [6.07, 6.45) is 2.83. The number of aromatic nitrogens is 1. The van der Waals surface area contributed by atoms with Crippen molar-refractivity contribution < 1.29 is 4.74 Å². The molecule has 0 unspecified atom stereocenters. The van der Waals surface area contributed by atoms with Crippen molar-refractivity contribution in [1.29, 1.82) is 0 Å². The summed E-state index contributed by atoms with van der Waals surface area (Å²) in [4.78, 5) is 4.48. The third-order valence-corrected chi connectivity index (χ3v) is 5.08. The molecule has 2 heterocycles. The lowest BCUT2D eigenvalue weighted by atomic mass is 10.1. The van der Waals surface area contributed by atoms with Crippen LogP contribution in [0.4, 0.5) is 0 Å². The van der Waals surface area contributed by atoms with Gasteiger partial charge in [0.25, 0.3) is 0 Å². The van der Waals surface area contributed by atoms with Gasteiger partial charge in [-0.2, -0.15) is 11.3 Å². The molecule has 0 amide bonds. The van der Waals surface area contributed by atoms with Gasteiger partial charge in [-0.1, -0.05) is 12.1 Å². The van der Waals surface area contributed by atoms with Crippen LogP contribution < -0.4 is 10.1 Å². The summed E-state index contributed by atoms with van der Waals surface area (Å²) in [7, 11) is 1.70. The third-order valence-electron chi connectivity index (χ3n) is 3.46. The Balaban J connectivity index is 1.69. The molecule has 0 bridgehead atoms. The first-order valence-corrected chi connectivity index (χ1v) is 8.94. The summed E-state index contributed by atoms with van der Waals surface area (Å²) in [6.45, 7) is 0.797. The van der Waals surface area contributed by atoms with Gasteiger partial charge in [-0.25, -0.2) is 4.98 Å². The molecule has 0 saturated carbocycles. The zero-order valence-electron chi connectivity index (χ0n) is 12.4. The second kappa shape index (κ2) is 7.54. The summed E-state index contributed by atoms with van der Waals surface area (Å²) in [5.41, 5.74) is 2.56. The number of nitrogens with zero attached hydrogens (tertiary/aromatic N) is 1. The van der Waals surface area contributed by atoms with Gasteiger partial charge in [0.2, 0.25) is 0 Å². The van der Waals surface area contributed by atoms with E-state index in [0.29, 0.717) is 0 Å². The maximum absolute atomic E-state index is 5.28. The fourth-order valence-corrected chi connectivity index (χ4v) is 3.72. The van der Waals surface area contributed by atoms with E-state index in [1.54, 1.807) is 29.8 Å². The number of thiophene rings is 1. The summed E-state index contributed by atoms with van der Waals surface area (Å²) >= 11 is 3.44. The van der Waals surface area contributed by atoms with E-state index in [2.05, 4.69) is 39.3 Å². The largest absolute Gasteiger partial charge is 0.497 e. The number of ether oxygens (including phenoxy) is 1. The molecule has 0 spiro atoms. The van der Waals surface area contributed by atoms with Gasteiger partial charge in [-0.3, -0.25) is 0 Å². The van der Waals surface area contributed by atoms with Gasteiger partial charge in [0.1, 0.15) is 10.8 Å². The molecule has 5 heteroatoms. The molecule has 0 aliphatic carbocycles. The van der Waals surface area contributed by atoms with Gasteiger partial charge in [-0.15, -0.1) is 11.3 Å². The topological polar surface area (TPSA) is 34.1 Å². The standard InChI is InChI=1S/C17H18N2OS2/c1-20-15-4-2-3-13(9-15)11-19-16(17-18-6-8-22-17)10-14-5-7-21-12-14/h2-9,12,16,19H,10-11H2,1H3/t16-/m1/s1. The second-order valence-corrected chi connectivity index (χ2v) is 6.70. The van der Waals surface area contributed by atoms with Crippen LogP contribution in [0.3, 0.4) is 0 Å². The molecule has 1 aromatic carbocycles. The molecule has 0 aliphatic rings. The van der Waals surface area contributed by atoms with E-state index in [1.807, 2.05) is 23.7 Å². The fraction of sp³-hybridized carbons (Fsp3) is 0.235. The van der Waals surface area contributed by atoms with Gasteiger partial charge >= 0.3 is 0 Å². The van der Waals surface area contributed by atoms with Crippen LogP contribution in [0.2, 0.25) is 0 Å². The lowest BCUT2D eigenvalue weighted by Crippen LogP contribution is -2.22. The highest BCUT2D eigenvalue weighted by Gasteiger charge is 2.15. The smallest absolute Gasteiger partial charge is 0.119 e. The second-order valence-electron chi connectivity index (χ2n) is 4.99. The van der Waals surface area contributed by atoms with E-state index in [1.165, 1.54) is 11.1 Å². The molecule has 22 heavy (non-hydrogen) atoms. The molecule has 114 valence electrons. The minimum Gasteiger partial charge on any atom is -0.497 e. The lowest BCUT2D eigenvalue weighted by molar-refractivity contribution is 0.413. The summed E-state index contributed by atoms with van der Waals surface area (Å²) in [5, 5.41) is 11.1. The Morgan fingerprint density at radius 3 is 2.91 bits per heavy atom. The van der Waals surface area contributed by atoms with Gasteiger partial charge < -0.3 is 10.1 Å². The quantitative estimate of drug-likeness (QED) is 0.702. The predicted octanol–water partition coefficient (Wildman–Crippen LogP) is 4.29. The summed E-state index contributed by atoms with van der Waals surface area (Å²) in [6, 6.07) is 10.6. The van der Waals surface area contributed by atoms with Crippen molar-refractivity contribution in [3.8, 4) is 5.75 Å². The Kier molecular flexibility index (Phi) is 5.21. The average molecular weight is 330 g/mol. The number of benzene rings is 1. The van der Waals surface area contributed by atoms with Crippen LogP contribution in [0.5, 0.6) is 5.75 Å². The average Bonchev–Trinajstić information content (AvgIpc) is 3.25. The van der Waals surface area contributed by atoms with Crippen molar-refractivity contribution in [3.05, 3.63) is 68.8 Å². The normalized spacial score (nSPS) is 12.2. The van der Waals surface area contributed by atoms with E-state index in [9.17, 15) is 0 Å². The van der Waals surface area contributed by atoms with Crippen LogP contribution >= 0.6 is 22.7 Å². The number of nitrogens with one attached hydrogen (secondary N) is 1. The third kappa shape index (κ3) is 3.94. The Labute approximate surface area is 138 Å². The van der Waals surface area contributed by atoms with Gasteiger partial charge in [0, 0.05) is 18.1 Å². The van der Waals surface area contributed by atoms with Crippen LogP contribution in [-0.4, -0.2) is 12.1 Å². The molecule has 3 aromatic rings. The van der Waals surface area contributed by atoms with Gasteiger partial charge in [0.05, 0.1) is 13.2 Å². The molecule has 0 radical (unpaired) electrons. The van der Waals surface area contributed by atoms with Crippen molar-refractivity contribution >= 4 is 22.7 Å². The molecule has 0 fully saturated rings. The highest BCUT2D eigenvalue weighted by Crippen LogP contribution is 2.23. The first kappa shape index (κ1) is 15.2. The zero-order valence-corrected chi connectivity index (χ0v) is 14.0. The zero-order chi connectivity index (χ0) is 15.2. The fourth-order valence-electron chi connectivity index (χ4n) is 2.32. The van der Waals surface area contributed by atoms with Crippen LogP contribution in [-0.2, 0) is 13.0 Å². The van der Waals surface area contributed by atoms with E-state index in [4.69, 9.17) is 4.74 Å². The number of thiazole rings is 1. The molecular weight excluding hydrogens is 312 g/mol. The van der Waals surface area contributed by atoms with Crippen LogP contribution in [0.15, 0.2) is 52.7 Å². The van der Waals surface area contributed by atoms with Crippen LogP contribution in [0, 0.1) is 0 Å². The van der Waals surface area contributed by atoms with E-state index in [-0.39, 0.29) is 6.04 Å². The lowest BCUT2D eigenvalue weighted by Gasteiger charge is -2.16. The first-order valence-electron chi connectivity index (χ1n) is 7.12. The maximum Gasteiger partial charge on any atom is 0.119 e. The van der Waals surface area contributed by atoms with Crippen molar-refractivity contribution in [2.24, 2.45) is 0 Å². The highest BCUT2D eigenvalue weighted by molar-refractivity contribution is 7.09. The van der Waals surface area contributed by atoms with Gasteiger partial charge in [0.15, 0.2) is 0 Å². The van der Waals surface area contributed by atoms with Crippen molar-refractivity contribution in [2.75, 3.05) is 7.11 Å². The summed E-state index contributed by atoms with van der Waals surface area (Å²) < 4.78 is 5.28. The van der Waals surface area contributed by atoms with Crippen molar-refractivity contribution in [2.45, 2.75) is 19.0 Å². The molecule has 1 N–H and O–H groups in total. The van der Waals surface area contributed by atoms with E-state index in [0.717, 1.165) is 23.7 Å². The Morgan fingerprint density at radius 1 is 1.23 bits per heavy atom. The minimum atomic E-state index is 0.237. The minimum absolute atomic E-state index is 0.237. The van der Waals surface area contributed by atoms with Crippen LogP contribution in [0.25, 0.3) is 0 Å². The number of hydrogen-bond donors (Lipinski definition) is 1. The predicted molar refractivity (Wildman–Crippen MR) is 92.7 cm³/mol. The van der Waals surface area contributed by atoms with Crippen molar-refractivity contribution in [1.82, 2.24) is 10.3 Å². The maximum atomic E-state index is 5.28. The molecule has 3 nitrogen and oxygen atoms in total. The van der Waals surface area contributed by atoms with Gasteiger partial charge in [-0.05, 0) is 46.5 Å². The van der Waals surface area contributed by atoms with E-state index < -0.39 is 0 Å². The Morgan fingerprint density at radius 2 is 2.18 bits per heavy atom. The highest BCUT2D eigenvalue weighted by atomic mass is 32.1. The SMILES string of the molecule is COc1cccc(CN[C@H](Cc2ccsc2)c2nccs2)c1. The Hall–Kier alpha value is -1.69. The molecule has 3 rings (SSSR count).